The minimum Gasteiger partial charge on any atom is -0.493 e. The molecule has 2 atom stereocenters. The molecule has 0 aliphatic carbocycles. The smallest absolute Gasteiger partial charge is 0.326 e. The number of carbonyl (C=O) groups is 3. The van der Waals surface area contributed by atoms with Gasteiger partial charge in [0.2, 0.25) is 0 Å². The zero-order valence-corrected chi connectivity index (χ0v) is 18.5. The summed E-state index contributed by atoms with van der Waals surface area (Å²) in [5.41, 5.74) is 0.627. The Bertz CT molecular complexity index is 992. The Balaban J connectivity index is 1.72. The Morgan fingerprint density at radius 2 is 1.97 bits per heavy atom. The van der Waals surface area contributed by atoms with Crippen molar-refractivity contribution in [1.82, 2.24) is 20.9 Å². The van der Waals surface area contributed by atoms with Gasteiger partial charge in [-0.05, 0) is 37.0 Å². The molecule has 32 heavy (non-hydrogen) atoms. The fourth-order valence-corrected chi connectivity index (χ4v) is 3.51. The lowest BCUT2D eigenvalue weighted by molar-refractivity contribution is -0.134. The van der Waals surface area contributed by atoms with E-state index in [2.05, 4.69) is 32.8 Å². The first kappa shape index (κ1) is 22.9. The van der Waals surface area contributed by atoms with Crippen LogP contribution in [0.3, 0.4) is 0 Å². The number of hydrogen-bond acceptors (Lipinski definition) is 7. The van der Waals surface area contributed by atoms with E-state index >= 15 is 0 Å². The van der Waals surface area contributed by atoms with Crippen LogP contribution in [0.15, 0.2) is 23.2 Å². The molecule has 0 saturated carbocycles. The van der Waals surface area contributed by atoms with Crippen molar-refractivity contribution < 1.29 is 23.9 Å². The molecule has 1 fully saturated rings. The average Bonchev–Trinajstić information content (AvgIpc) is 3.21. The Hall–Kier alpha value is -3.74. The van der Waals surface area contributed by atoms with Gasteiger partial charge in [-0.2, -0.15) is 0 Å². The molecular formula is C22H27N5O5. The maximum Gasteiger partial charge on any atom is 0.326 e. The summed E-state index contributed by atoms with van der Waals surface area (Å²) in [7, 11) is 3.02. The third-order valence-corrected chi connectivity index (χ3v) is 5.30. The number of nitrogens with zero attached hydrogens (tertiary/aromatic N) is 2. The van der Waals surface area contributed by atoms with Crippen LogP contribution in [-0.2, 0) is 9.59 Å². The Labute approximate surface area is 186 Å². The van der Waals surface area contributed by atoms with Gasteiger partial charge in [0, 0.05) is 18.7 Å². The predicted molar refractivity (Wildman–Crippen MR) is 117 cm³/mol. The van der Waals surface area contributed by atoms with Crippen molar-refractivity contribution >= 4 is 23.7 Å². The van der Waals surface area contributed by atoms with Crippen molar-refractivity contribution in [2.24, 2.45) is 4.99 Å². The normalized spacial score (nSPS) is 19.3. The van der Waals surface area contributed by atoms with Crippen LogP contribution in [0.2, 0.25) is 0 Å². The zero-order chi connectivity index (χ0) is 23.3. The van der Waals surface area contributed by atoms with E-state index in [1.54, 1.807) is 18.2 Å². The highest BCUT2D eigenvalue weighted by molar-refractivity contribution is 6.08. The van der Waals surface area contributed by atoms with Crippen LogP contribution in [0.4, 0.5) is 4.79 Å². The highest BCUT2D eigenvalue weighted by Gasteiger charge is 2.46. The molecule has 2 unspecified atom stereocenters. The van der Waals surface area contributed by atoms with Gasteiger partial charge >= 0.3 is 6.03 Å². The van der Waals surface area contributed by atoms with E-state index in [0.717, 1.165) is 0 Å². The number of methoxy groups -OCH3 is 1. The maximum absolute atomic E-state index is 12.9. The number of carbonyl (C=O) groups excluding carboxylic acids is 3. The van der Waals surface area contributed by atoms with Crippen LogP contribution in [-0.4, -0.2) is 67.6 Å². The molecule has 1 aromatic rings. The van der Waals surface area contributed by atoms with E-state index in [-0.39, 0.29) is 24.5 Å². The van der Waals surface area contributed by atoms with Crippen molar-refractivity contribution in [2.45, 2.75) is 44.9 Å². The van der Waals surface area contributed by atoms with Gasteiger partial charge in [0.1, 0.15) is 6.04 Å². The van der Waals surface area contributed by atoms with Crippen molar-refractivity contribution in [1.29, 1.82) is 0 Å². The van der Waals surface area contributed by atoms with Gasteiger partial charge in [-0.15, -0.1) is 0 Å². The second-order valence-electron chi connectivity index (χ2n) is 7.25. The molecule has 0 radical (unpaired) electrons. The first-order chi connectivity index (χ1) is 15.4. The molecule has 10 nitrogen and oxygen atoms in total. The number of amides is 4. The second-order valence-corrected chi connectivity index (χ2v) is 7.25. The molecule has 0 spiro atoms. The molecule has 2 heterocycles. The summed E-state index contributed by atoms with van der Waals surface area (Å²) in [4.78, 5) is 42.3. The number of hydrogen-bond donors (Lipinski definition) is 3. The van der Waals surface area contributed by atoms with Gasteiger partial charge in [-0.3, -0.25) is 14.5 Å². The Kier molecular flexibility index (Phi) is 7.20. The second kappa shape index (κ2) is 10.0. The molecule has 1 saturated heterocycles. The molecule has 4 amide bonds. The molecular weight excluding hydrogens is 414 g/mol. The van der Waals surface area contributed by atoms with Crippen LogP contribution in [0.1, 0.15) is 32.3 Å². The first-order valence-corrected chi connectivity index (χ1v) is 10.4. The van der Waals surface area contributed by atoms with E-state index in [0.29, 0.717) is 35.7 Å². The highest BCUT2D eigenvalue weighted by Crippen LogP contribution is 2.27. The van der Waals surface area contributed by atoms with Crippen LogP contribution < -0.4 is 25.4 Å². The minimum absolute atomic E-state index is 0.130. The number of urea groups is 1. The van der Waals surface area contributed by atoms with Gasteiger partial charge in [-0.1, -0.05) is 19.8 Å². The van der Waals surface area contributed by atoms with Crippen LogP contribution in [0, 0.1) is 11.8 Å². The summed E-state index contributed by atoms with van der Waals surface area (Å²) >= 11 is 0. The molecule has 2 aliphatic rings. The third-order valence-electron chi connectivity index (χ3n) is 5.30. The zero-order valence-electron chi connectivity index (χ0n) is 18.5. The number of fused-ring (bicyclic) bond motifs is 1. The summed E-state index contributed by atoms with van der Waals surface area (Å²) in [5.74, 6) is 6.47. The summed E-state index contributed by atoms with van der Waals surface area (Å²) in [6, 6.07) is 3.80. The molecule has 0 aromatic heterocycles. The standard InChI is InChI=1S/C22H27N5O5/c1-5-14(6-2)27-21(29)19-20(26-22(27)30)25-17(24-19)10-8-13-7-9-15(16(11-13)31-4)32-12-18(28)23-3/h7,9,11,14,19-20H,5-6,12H2,1-4H3,(H,23,28)(H,24,25)(H,26,30). The van der Waals surface area contributed by atoms with Crippen LogP contribution in [0.25, 0.3) is 0 Å². The lowest BCUT2D eigenvalue weighted by Crippen LogP contribution is -2.66. The van der Waals surface area contributed by atoms with Crippen molar-refractivity contribution in [3.05, 3.63) is 23.8 Å². The Morgan fingerprint density at radius 3 is 2.62 bits per heavy atom. The van der Waals surface area contributed by atoms with E-state index in [1.165, 1.54) is 19.1 Å². The third kappa shape index (κ3) is 4.77. The molecule has 2 aliphatic heterocycles. The fraction of sp³-hybridized carbons (Fsp3) is 0.455. The van der Waals surface area contributed by atoms with Crippen molar-refractivity contribution in [2.75, 3.05) is 20.8 Å². The minimum atomic E-state index is -0.681. The largest absolute Gasteiger partial charge is 0.493 e. The highest BCUT2D eigenvalue weighted by atomic mass is 16.5. The van der Waals surface area contributed by atoms with E-state index in [4.69, 9.17) is 9.47 Å². The van der Waals surface area contributed by atoms with Gasteiger partial charge in [0.25, 0.3) is 11.8 Å². The lowest BCUT2D eigenvalue weighted by atomic mass is 10.1. The number of likely N-dealkylation sites (N-methyl/N-ethyl adjacent to an activating group) is 1. The van der Waals surface area contributed by atoms with E-state index in [1.807, 2.05) is 13.8 Å². The molecule has 0 bridgehead atoms. The van der Waals surface area contributed by atoms with Crippen LogP contribution >= 0.6 is 0 Å². The summed E-state index contributed by atoms with van der Waals surface area (Å²) in [5, 5.41) is 8.26. The van der Waals surface area contributed by atoms with Gasteiger partial charge in [-0.25, -0.2) is 9.79 Å². The Morgan fingerprint density at radius 1 is 1.22 bits per heavy atom. The quantitative estimate of drug-likeness (QED) is 0.533. The summed E-state index contributed by atoms with van der Waals surface area (Å²) < 4.78 is 10.8. The SMILES string of the molecule is CCC(CC)N1C(=O)NC2N=C(C#Cc3ccc(OCC(=O)NC)c(OC)c3)NC2C1=O. The number of aliphatic imine (C=N–C) groups is 1. The lowest BCUT2D eigenvalue weighted by Gasteiger charge is -2.36. The molecule has 10 heteroatoms. The van der Waals surface area contributed by atoms with Gasteiger partial charge < -0.3 is 25.4 Å². The average molecular weight is 441 g/mol. The topological polar surface area (TPSA) is 121 Å². The molecule has 170 valence electrons. The molecule has 3 N–H and O–H groups in total. The number of rotatable bonds is 7. The first-order valence-electron chi connectivity index (χ1n) is 10.4. The fourth-order valence-electron chi connectivity index (χ4n) is 3.51. The van der Waals surface area contributed by atoms with Crippen molar-refractivity contribution in [3.63, 3.8) is 0 Å². The molecule has 3 rings (SSSR count). The van der Waals surface area contributed by atoms with E-state index < -0.39 is 18.2 Å². The number of nitrogens with one attached hydrogen (secondary N) is 3. The van der Waals surface area contributed by atoms with Gasteiger partial charge in [0.15, 0.2) is 30.1 Å². The van der Waals surface area contributed by atoms with Gasteiger partial charge in [0.05, 0.1) is 7.11 Å². The summed E-state index contributed by atoms with van der Waals surface area (Å²) in [6.45, 7) is 3.76. The number of amidine groups is 1. The van der Waals surface area contributed by atoms with Crippen molar-refractivity contribution in [3.8, 4) is 23.3 Å². The maximum atomic E-state index is 12.9. The predicted octanol–water partition coefficient (Wildman–Crippen LogP) is 0.608. The summed E-state index contributed by atoms with van der Waals surface area (Å²) in [6.07, 6.45) is 0.691. The van der Waals surface area contributed by atoms with E-state index in [9.17, 15) is 14.4 Å². The number of ether oxygens (including phenoxy) is 2. The number of imide groups is 1. The monoisotopic (exact) mass is 441 g/mol. The molecule has 1 aromatic carbocycles. The van der Waals surface area contributed by atoms with Crippen LogP contribution in [0.5, 0.6) is 11.5 Å². The number of benzene rings is 1.